The lowest BCUT2D eigenvalue weighted by molar-refractivity contribution is 0.723. The third kappa shape index (κ3) is 1.67. The zero-order valence-electron chi connectivity index (χ0n) is 12.3. The van der Waals surface area contributed by atoms with Gasteiger partial charge in [0.15, 0.2) is 0 Å². The van der Waals surface area contributed by atoms with Crippen LogP contribution in [0.25, 0.3) is 16.9 Å². The largest absolute Gasteiger partial charge is 0.319 e. The van der Waals surface area contributed by atoms with Gasteiger partial charge in [-0.25, -0.2) is 0 Å². The highest BCUT2D eigenvalue weighted by molar-refractivity contribution is 5.75. The van der Waals surface area contributed by atoms with Gasteiger partial charge in [0, 0.05) is 12.0 Å². The van der Waals surface area contributed by atoms with E-state index < -0.39 is 0 Å². The summed E-state index contributed by atoms with van der Waals surface area (Å²) in [4.78, 5) is 15.3. The summed E-state index contributed by atoms with van der Waals surface area (Å²) in [6.07, 6.45) is 2.85. The van der Waals surface area contributed by atoms with E-state index in [0.717, 1.165) is 47.6 Å². The number of rotatable bonds is 3. The van der Waals surface area contributed by atoms with E-state index in [1.807, 2.05) is 28.7 Å². The first kappa shape index (κ1) is 13.2. The van der Waals surface area contributed by atoms with Crippen molar-refractivity contribution in [2.24, 2.45) is 5.73 Å². The molecule has 3 N–H and O–H groups in total. The normalized spacial score (nSPS) is 16.0. The van der Waals surface area contributed by atoms with Gasteiger partial charge >= 0.3 is 0 Å². The fourth-order valence-electron chi connectivity index (χ4n) is 3.20. The Kier molecular flexibility index (Phi) is 2.87. The molecule has 0 saturated heterocycles. The number of aromatic nitrogens is 4. The van der Waals surface area contributed by atoms with Gasteiger partial charge in [-0.1, -0.05) is 37.6 Å². The zero-order valence-corrected chi connectivity index (χ0v) is 12.3. The Balaban J connectivity index is 2.05. The zero-order chi connectivity index (χ0) is 15.3. The third-order valence-electron chi connectivity index (χ3n) is 4.28. The number of benzene rings is 1. The second-order valence-corrected chi connectivity index (χ2v) is 5.66. The SMILES string of the molecule is CCCCc1nnc2c(=O)[nH]c3c(n12)C(N)c1ccccc1-3. The first-order valence-corrected chi connectivity index (χ1v) is 7.57. The lowest BCUT2D eigenvalue weighted by Crippen LogP contribution is -2.19. The van der Waals surface area contributed by atoms with Gasteiger partial charge in [0.25, 0.3) is 5.56 Å². The Morgan fingerprint density at radius 3 is 2.95 bits per heavy atom. The Morgan fingerprint density at radius 1 is 1.32 bits per heavy atom. The molecule has 0 amide bonds. The highest BCUT2D eigenvalue weighted by Crippen LogP contribution is 2.40. The molecule has 22 heavy (non-hydrogen) atoms. The smallest absolute Gasteiger partial charge is 0.294 e. The van der Waals surface area contributed by atoms with Gasteiger partial charge in [0.05, 0.1) is 17.4 Å². The van der Waals surface area contributed by atoms with E-state index in [1.54, 1.807) is 0 Å². The molecule has 0 fully saturated rings. The number of aromatic amines is 1. The first-order valence-electron chi connectivity index (χ1n) is 7.57. The summed E-state index contributed by atoms with van der Waals surface area (Å²) < 4.78 is 1.86. The summed E-state index contributed by atoms with van der Waals surface area (Å²) in [5.41, 5.74) is 10.2. The van der Waals surface area contributed by atoms with Crippen molar-refractivity contribution in [2.75, 3.05) is 0 Å². The molecule has 0 bridgehead atoms. The van der Waals surface area contributed by atoms with E-state index >= 15 is 0 Å². The molecule has 112 valence electrons. The van der Waals surface area contributed by atoms with Crippen LogP contribution >= 0.6 is 0 Å². The maximum absolute atomic E-state index is 12.3. The molecule has 0 spiro atoms. The second kappa shape index (κ2) is 4.78. The fraction of sp³-hybridized carbons (Fsp3) is 0.312. The van der Waals surface area contributed by atoms with Crippen LogP contribution < -0.4 is 11.3 Å². The lowest BCUT2D eigenvalue weighted by atomic mass is 10.1. The number of H-pyrrole nitrogens is 1. The van der Waals surface area contributed by atoms with Gasteiger partial charge in [-0.2, -0.15) is 0 Å². The standard InChI is InChI=1S/C16H17N5O/c1-2-3-8-11-19-20-15-16(22)18-13-10-7-5-4-6-9(10)12(17)14(13)21(11)15/h4-7,12H,2-3,8,17H2,1H3,(H,18,22). The van der Waals surface area contributed by atoms with Crippen LogP contribution in [0.4, 0.5) is 0 Å². The number of nitrogens with one attached hydrogen (secondary N) is 1. The third-order valence-corrected chi connectivity index (χ3v) is 4.28. The minimum atomic E-state index is -0.276. The van der Waals surface area contributed by atoms with Crippen LogP contribution in [0.2, 0.25) is 0 Å². The Labute approximate surface area is 127 Å². The summed E-state index contributed by atoms with van der Waals surface area (Å²) in [6.45, 7) is 2.13. The van der Waals surface area contributed by atoms with E-state index in [9.17, 15) is 4.79 Å². The van der Waals surface area contributed by atoms with Crippen LogP contribution in [0.15, 0.2) is 29.1 Å². The minimum Gasteiger partial charge on any atom is -0.319 e. The van der Waals surface area contributed by atoms with Gasteiger partial charge in [-0.15, -0.1) is 10.2 Å². The van der Waals surface area contributed by atoms with Crippen molar-refractivity contribution in [3.05, 3.63) is 51.7 Å². The molecule has 0 aliphatic heterocycles. The average molecular weight is 295 g/mol. The van der Waals surface area contributed by atoms with Crippen LogP contribution in [0.5, 0.6) is 0 Å². The van der Waals surface area contributed by atoms with Crippen molar-refractivity contribution >= 4 is 5.65 Å². The first-order chi connectivity index (χ1) is 10.7. The van der Waals surface area contributed by atoms with Crippen molar-refractivity contribution in [3.63, 3.8) is 0 Å². The molecule has 1 aliphatic carbocycles. The number of aryl methyl sites for hydroxylation is 1. The molecule has 3 aromatic rings. The van der Waals surface area contributed by atoms with E-state index in [4.69, 9.17) is 5.73 Å². The van der Waals surface area contributed by atoms with Crippen LogP contribution in [0, 0.1) is 0 Å². The number of nitrogens with two attached hydrogens (primary N) is 1. The molecule has 6 nitrogen and oxygen atoms in total. The second-order valence-electron chi connectivity index (χ2n) is 5.66. The van der Waals surface area contributed by atoms with Crippen LogP contribution in [-0.2, 0) is 6.42 Å². The maximum Gasteiger partial charge on any atom is 0.294 e. The molecule has 2 aromatic heterocycles. The molecule has 0 radical (unpaired) electrons. The van der Waals surface area contributed by atoms with E-state index in [-0.39, 0.29) is 11.6 Å². The summed E-state index contributed by atoms with van der Waals surface area (Å²) in [7, 11) is 0. The number of nitrogens with zero attached hydrogens (tertiary/aromatic N) is 3. The molecule has 6 heteroatoms. The Bertz CT molecular complexity index is 924. The molecule has 1 aliphatic rings. The van der Waals surface area contributed by atoms with E-state index in [1.165, 1.54) is 0 Å². The van der Waals surface area contributed by atoms with Crippen molar-refractivity contribution in [3.8, 4) is 11.3 Å². The molecular weight excluding hydrogens is 278 g/mol. The van der Waals surface area contributed by atoms with Crippen LogP contribution in [0.3, 0.4) is 0 Å². The summed E-state index contributed by atoms with van der Waals surface area (Å²) >= 11 is 0. The maximum atomic E-state index is 12.3. The van der Waals surface area contributed by atoms with Gasteiger partial charge < -0.3 is 10.7 Å². The van der Waals surface area contributed by atoms with E-state index in [0.29, 0.717) is 5.65 Å². The van der Waals surface area contributed by atoms with Gasteiger partial charge in [-0.05, 0) is 12.0 Å². The highest BCUT2D eigenvalue weighted by atomic mass is 16.1. The van der Waals surface area contributed by atoms with Gasteiger partial charge in [-0.3, -0.25) is 9.20 Å². The molecule has 4 rings (SSSR count). The fourth-order valence-corrected chi connectivity index (χ4v) is 3.20. The number of hydrogen-bond acceptors (Lipinski definition) is 4. The van der Waals surface area contributed by atoms with Crippen LogP contribution in [0.1, 0.15) is 42.9 Å². The summed E-state index contributed by atoms with van der Waals surface area (Å²) in [5, 5.41) is 8.27. The molecule has 1 unspecified atom stereocenters. The summed E-state index contributed by atoms with van der Waals surface area (Å²) in [6, 6.07) is 7.62. The molecule has 0 saturated carbocycles. The van der Waals surface area contributed by atoms with Crippen molar-refractivity contribution < 1.29 is 0 Å². The molecule has 1 atom stereocenters. The topological polar surface area (TPSA) is 89.1 Å². The van der Waals surface area contributed by atoms with Gasteiger partial charge in [0.2, 0.25) is 5.65 Å². The number of fused-ring (bicyclic) bond motifs is 5. The number of hydrogen-bond donors (Lipinski definition) is 2. The van der Waals surface area contributed by atoms with Crippen molar-refractivity contribution in [1.82, 2.24) is 19.6 Å². The van der Waals surface area contributed by atoms with Crippen LogP contribution in [-0.4, -0.2) is 19.6 Å². The quantitative estimate of drug-likeness (QED) is 0.771. The molecule has 1 aromatic carbocycles. The monoisotopic (exact) mass is 295 g/mol. The Morgan fingerprint density at radius 2 is 2.14 bits per heavy atom. The lowest BCUT2D eigenvalue weighted by Gasteiger charge is -2.10. The average Bonchev–Trinajstić information content (AvgIpc) is 3.07. The summed E-state index contributed by atoms with van der Waals surface area (Å²) in [5.74, 6) is 0.808. The highest BCUT2D eigenvalue weighted by Gasteiger charge is 2.31. The van der Waals surface area contributed by atoms with Crippen molar-refractivity contribution in [2.45, 2.75) is 32.2 Å². The predicted octanol–water partition coefficient (Wildman–Crippen LogP) is 1.79. The predicted molar refractivity (Wildman–Crippen MR) is 83.7 cm³/mol. The minimum absolute atomic E-state index is 0.224. The van der Waals surface area contributed by atoms with Gasteiger partial charge in [0.1, 0.15) is 5.82 Å². The molecule has 2 heterocycles. The number of unbranched alkanes of at least 4 members (excludes halogenated alkanes) is 1. The van der Waals surface area contributed by atoms with Crippen molar-refractivity contribution in [1.29, 1.82) is 0 Å². The molecular formula is C16H17N5O. The van der Waals surface area contributed by atoms with E-state index in [2.05, 4.69) is 22.1 Å². The Hall–Kier alpha value is -2.47.